The lowest BCUT2D eigenvalue weighted by Crippen LogP contribution is -2.14. The van der Waals surface area contributed by atoms with E-state index in [0.717, 1.165) is 50.5 Å². The van der Waals surface area contributed by atoms with Crippen LogP contribution < -0.4 is 4.90 Å². The molecule has 0 radical (unpaired) electrons. The zero-order chi connectivity index (χ0) is 47.8. The molecule has 3 heterocycles. The molecule has 12 rings (SSSR count). The monoisotopic (exact) mass is 965 g/mol. The quantitative estimate of drug-likeness (QED) is 0.163. The van der Waals surface area contributed by atoms with Gasteiger partial charge in [-0.3, -0.25) is 0 Å². The molecule has 70 heavy (non-hydrogen) atoms. The van der Waals surface area contributed by atoms with Crippen LogP contribution in [0.1, 0.15) is 50.1 Å². The van der Waals surface area contributed by atoms with Gasteiger partial charge < -0.3 is 4.90 Å². The molecule has 0 saturated carbocycles. The molecule has 0 unspecified atom stereocenters. The Morgan fingerprint density at radius 1 is 0.243 bits per heavy atom. The molecule has 0 atom stereocenters. The number of fused-ring (bicyclic) bond motifs is 6. The van der Waals surface area contributed by atoms with Crippen molar-refractivity contribution in [3.63, 3.8) is 0 Å². The van der Waals surface area contributed by atoms with Crippen LogP contribution in [0.15, 0.2) is 248 Å². The lowest BCUT2D eigenvalue weighted by Gasteiger charge is -2.26. The Hall–Kier alpha value is -8.15. The van der Waals surface area contributed by atoms with E-state index in [-0.39, 0.29) is 29.4 Å². The summed E-state index contributed by atoms with van der Waals surface area (Å²) in [7, 11) is -11.1. The van der Waals surface area contributed by atoms with Gasteiger partial charge in [0.25, 0.3) is 0 Å². The van der Waals surface area contributed by atoms with Gasteiger partial charge in [-0.2, -0.15) is 0 Å². The summed E-state index contributed by atoms with van der Waals surface area (Å²) in [5.74, 6) is 0. The molecule has 0 saturated heterocycles. The number of nitrogens with zero attached hydrogens (tertiary/aromatic N) is 1. The van der Waals surface area contributed by atoms with Crippen LogP contribution in [0.25, 0.3) is 34.9 Å². The Kier molecular flexibility index (Phi) is 10.2. The zero-order valence-electron chi connectivity index (χ0n) is 37.1. The molecular weight excluding hydrogens is 927 g/mol. The third kappa shape index (κ3) is 7.02. The van der Waals surface area contributed by atoms with Crippen LogP contribution in [-0.4, -0.2) is 25.3 Å². The minimum atomic E-state index is -3.69. The number of hydrogen-bond acceptors (Lipinski definition) is 7. The molecule has 338 valence electrons. The maximum atomic E-state index is 13.7. The van der Waals surface area contributed by atoms with E-state index in [1.165, 1.54) is 0 Å². The van der Waals surface area contributed by atoms with Crippen LogP contribution in [0.5, 0.6) is 0 Å². The van der Waals surface area contributed by atoms with Crippen molar-refractivity contribution in [1.29, 1.82) is 0 Å². The molecule has 0 aromatic heterocycles. The lowest BCUT2D eigenvalue weighted by atomic mass is 9.94. The largest absolute Gasteiger partial charge is 0.311 e. The van der Waals surface area contributed by atoms with E-state index < -0.39 is 29.5 Å². The number of rotatable bonds is 6. The number of sulfone groups is 3. The van der Waals surface area contributed by atoms with Gasteiger partial charge in [-0.1, -0.05) is 146 Å². The Morgan fingerprint density at radius 3 is 0.629 bits per heavy atom. The number of benzene rings is 9. The highest BCUT2D eigenvalue weighted by Crippen LogP contribution is 2.46. The van der Waals surface area contributed by atoms with Crippen LogP contribution in [0.2, 0.25) is 0 Å². The van der Waals surface area contributed by atoms with Crippen LogP contribution in [-0.2, 0) is 29.5 Å². The minimum Gasteiger partial charge on any atom is -0.311 e. The highest BCUT2D eigenvalue weighted by molar-refractivity contribution is 7.92. The third-order valence-electron chi connectivity index (χ3n) is 13.2. The van der Waals surface area contributed by atoms with Gasteiger partial charge in [0.05, 0.1) is 29.4 Å². The number of anilines is 3. The molecule has 3 aliphatic rings. The lowest BCUT2D eigenvalue weighted by molar-refractivity contribution is 0.593. The van der Waals surface area contributed by atoms with E-state index in [1.54, 1.807) is 72.8 Å². The number of hydrogen-bond donors (Lipinski definition) is 0. The molecule has 7 nitrogen and oxygen atoms in total. The Bertz CT molecular complexity index is 3490. The van der Waals surface area contributed by atoms with Gasteiger partial charge >= 0.3 is 0 Å². The molecule has 0 spiro atoms. The van der Waals surface area contributed by atoms with E-state index in [2.05, 4.69) is 4.90 Å². The van der Waals surface area contributed by atoms with Crippen molar-refractivity contribution in [2.45, 2.75) is 29.4 Å². The average molecular weight is 966 g/mol. The normalized spacial score (nSPS) is 15.2. The highest BCUT2D eigenvalue weighted by Gasteiger charge is 2.34. The molecule has 0 aliphatic carbocycles. The fraction of sp³-hybridized carbons (Fsp3) is 0. The second-order valence-electron chi connectivity index (χ2n) is 17.3. The van der Waals surface area contributed by atoms with Crippen molar-refractivity contribution in [2.24, 2.45) is 0 Å². The van der Waals surface area contributed by atoms with E-state index >= 15 is 0 Å². The molecule has 0 fully saturated rings. The molecule has 9 aromatic rings. The minimum absolute atomic E-state index is 0.282. The topological polar surface area (TPSA) is 106 Å². The molecule has 9 aromatic carbocycles. The van der Waals surface area contributed by atoms with Gasteiger partial charge in [0.15, 0.2) is 0 Å². The summed E-state index contributed by atoms with van der Waals surface area (Å²) in [6.45, 7) is 0. The van der Waals surface area contributed by atoms with Gasteiger partial charge in [0.1, 0.15) is 0 Å². The fourth-order valence-electron chi connectivity index (χ4n) is 9.90. The summed E-state index contributed by atoms with van der Waals surface area (Å²) in [6, 6.07) is 67.1. The van der Waals surface area contributed by atoms with E-state index in [0.29, 0.717) is 33.4 Å². The summed E-state index contributed by atoms with van der Waals surface area (Å²) in [6.07, 6.45) is 6.10. The Labute approximate surface area is 407 Å². The van der Waals surface area contributed by atoms with Crippen molar-refractivity contribution in [1.82, 2.24) is 0 Å². The Morgan fingerprint density at radius 2 is 0.429 bits per heavy atom. The van der Waals surface area contributed by atoms with Gasteiger partial charge in [0.2, 0.25) is 29.5 Å². The van der Waals surface area contributed by atoms with Crippen molar-refractivity contribution in [3.05, 3.63) is 268 Å². The Balaban J connectivity index is 0.953. The first-order valence-corrected chi connectivity index (χ1v) is 27.0. The van der Waals surface area contributed by atoms with Gasteiger partial charge in [-0.05, 0) is 124 Å². The summed E-state index contributed by atoms with van der Waals surface area (Å²) in [4.78, 5) is 3.84. The first kappa shape index (κ1) is 43.2. The van der Waals surface area contributed by atoms with Crippen LogP contribution >= 0.6 is 0 Å². The maximum Gasteiger partial charge on any atom is 0.207 e. The summed E-state index contributed by atoms with van der Waals surface area (Å²) in [5, 5.41) is 0. The zero-order valence-corrected chi connectivity index (χ0v) is 39.6. The first-order valence-electron chi connectivity index (χ1n) is 22.6. The van der Waals surface area contributed by atoms with Crippen molar-refractivity contribution in [2.75, 3.05) is 4.90 Å². The highest BCUT2D eigenvalue weighted by atomic mass is 32.2. The molecule has 10 heteroatoms. The molecular formula is C60H39NO6S3. The van der Waals surface area contributed by atoms with Crippen LogP contribution in [0.3, 0.4) is 0 Å². The molecule has 3 aliphatic heterocycles. The average Bonchev–Trinajstić information content (AvgIpc) is 3.39. The first-order chi connectivity index (χ1) is 34.0. The third-order valence-corrected chi connectivity index (χ3v) is 18.8. The molecule has 0 amide bonds. The summed E-state index contributed by atoms with van der Waals surface area (Å²) in [5.41, 5.74) is 11.6. The fourth-order valence-corrected chi connectivity index (χ4v) is 15.0. The van der Waals surface area contributed by atoms with Crippen LogP contribution in [0, 0.1) is 0 Å². The predicted molar refractivity (Wildman–Crippen MR) is 277 cm³/mol. The summed E-state index contributed by atoms with van der Waals surface area (Å²) < 4.78 is 82.1. The standard InChI is InChI=1S/C60H39NO6S3/c62-68(63)55-19-7-1-13-46(55)52(47-14-2-8-20-56(47)68)37-40-25-31-43(32-26-40)61(44-33-27-41(28-34-44)38-53-48-15-3-9-21-57(48)69(64,65)58-22-10-4-16-49(53)58)45-35-29-42(30-36-45)39-54-50-17-5-11-23-59(50)70(66,67)60-24-12-6-18-51(54)60/h1-39H. The van der Waals surface area contributed by atoms with Gasteiger partial charge in [-0.25, -0.2) is 25.3 Å². The smallest absolute Gasteiger partial charge is 0.207 e. The SMILES string of the molecule is O=S1(=O)c2ccccc2C(=Cc2ccc(N(c3ccc(C=C4c5ccccc5S(=O)(=O)c5ccccc54)cc3)c3ccc(C=C4c5ccccc5S(=O)(=O)c5ccccc54)cc3)cc2)c2ccccc21. The van der Waals surface area contributed by atoms with Crippen LogP contribution in [0.4, 0.5) is 17.1 Å². The maximum absolute atomic E-state index is 13.7. The van der Waals surface area contributed by atoms with E-state index in [1.807, 2.05) is 164 Å². The second kappa shape index (κ2) is 16.5. The van der Waals surface area contributed by atoms with Crippen molar-refractivity contribution < 1.29 is 25.3 Å². The van der Waals surface area contributed by atoms with Gasteiger partial charge in [0, 0.05) is 50.4 Å². The summed E-state index contributed by atoms with van der Waals surface area (Å²) >= 11 is 0. The molecule has 0 N–H and O–H groups in total. The predicted octanol–water partition coefficient (Wildman–Crippen LogP) is 13.4. The van der Waals surface area contributed by atoms with Crippen molar-refractivity contribution >= 4 is 81.5 Å². The second-order valence-corrected chi connectivity index (χ2v) is 22.9. The van der Waals surface area contributed by atoms with Crippen molar-refractivity contribution in [3.8, 4) is 0 Å². The van der Waals surface area contributed by atoms with E-state index in [4.69, 9.17) is 0 Å². The van der Waals surface area contributed by atoms with Gasteiger partial charge in [-0.15, -0.1) is 0 Å². The van der Waals surface area contributed by atoms with E-state index in [9.17, 15) is 25.3 Å². The molecule has 0 bridgehead atoms.